The number of anilines is 1. The van der Waals surface area contributed by atoms with E-state index in [4.69, 9.17) is 5.26 Å². The van der Waals surface area contributed by atoms with Crippen LogP contribution in [0.15, 0.2) is 46.6 Å². The van der Waals surface area contributed by atoms with E-state index in [1.165, 1.54) is 6.07 Å². The zero-order chi connectivity index (χ0) is 20.1. The summed E-state index contributed by atoms with van der Waals surface area (Å²) in [4.78, 5) is 24.8. The maximum Gasteiger partial charge on any atom is 0.303 e. The molecule has 12 heteroatoms. The molecular formula is C16H11N7O4S. The summed E-state index contributed by atoms with van der Waals surface area (Å²) in [7, 11) is 0. The van der Waals surface area contributed by atoms with Gasteiger partial charge in [-0.1, -0.05) is 11.3 Å². The van der Waals surface area contributed by atoms with E-state index in [1.807, 2.05) is 6.07 Å². The van der Waals surface area contributed by atoms with E-state index in [9.17, 15) is 20.2 Å². The smallest absolute Gasteiger partial charge is 0.303 e. The highest BCUT2D eigenvalue weighted by Gasteiger charge is 2.22. The van der Waals surface area contributed by atoms with E-state index in [0.717, 1.165) is 23.1 Å². The molecule has 0 aliphatic rings. The number of rotatable bonds is 7. The molecule has 11 nitrogen and oxygen atoms in total. The van der Waals surface area contributed by atoms with Gasteiger partial charge in [-0.25, -0.2) is 4.98 Å². The summed E-state index contributed by atoms with van der Waals surface area (Å²) in [5.41, 5.74) is 0.565. The highest BCUT2D eigenvalue weighted by molar-refractivity contribution is 7.22. The van der Waals surface area contributed by atoms with Gasteiger partial charge in [-0.2, -0.15) is 5.26 Å². The molecule has 0 amide bonds. The van der Waals surface area contributed by atoms with Gasteiger partial charge in [0.05, 0.1) is 38.8 Å². The molecule has 1 aromatic heterocycles. The molecule has 0 saturated heterocycles. The molecule has 2 aromatic carbocycles. The number of hydrogen-bond acceptors (Lipinski definition) is 10. The number of thiazole rings is 1. The maximum absolute atomic E-state index is 11.2. The standard InChI is InChI=1S/C16H11N7O4S/c17-6-1-7-18-10-2-4-11(5-3-10)20-21-16-19-15-13(23(26)27)8-12(22(24)25)9-14(15)28-16/h2-5,8-9,18H,1,7H2. The van der Waals surface area contributed by atoms with Crippen LogP contribution in [0.5, 0.6) is 0 Å². The van der Waals surface area contributed by atoms with Crippen molar-refractivity contribution in [2.24, 2.45) is 10.2 Å². The van der Waals surface area contributed by atoms with Crippen molar-refractivity contribution in [3.8, 4) is 6.07 Å². The average molecular weight is 397 g/mol. The Morgan fingerprint density at radius 1 is 1.14 bits per heavy atom. The summed E-state index contributed by atoms with van der Waals surface area (Å²) < 4.78 is 0.284. The highest BCUT2D eigenvalue weighted by atomic mass is 32.1. The van der Waals surface area contributed by atoms with Crippen LogP contribution in [-0.2, 0) is 0 Å². The molecule has 3 rings (SSSR count). The van der Waals surface area contributed by atoms with Gasteiger partial charge in [-0.3, -0.25) is 20.2 Å². The minimum Gasteiger partial charge on any atom is -0.384 e. The molecule has 28 heavy (non-hydrogen) atoms. The van der Waals surface area contributed by atoms with Crippen LogP contribution in [0.25, 0.3) is 10.2 Å². The summed E-state index contributed by atoms with van der Waals surface area (Å²) >= 11 is 0.973. The topological polar surface area (TPSA) is 160 Å². The minimum absolute atomic E-state index is 0.0339. The number of fused-ring (bicyclic) bond motifs is 1. The lowest BCUT2D eigenvalue weighted by molar-refractivity contribution is -0.393. The summed E-state index contributed by atoms with van der Waals surface area (Å²) in [5.74, 6) is 0. The van der Waals surface area contributed by atoms with Crippen molar-refractivity contribution >= 4 is 49.4 Å². The van der Waals surface area contributed by atoms with E-state index >= 15 is 0 Å². The largest absolute Gasteiger partial charge is 0.384 e. The first-order chi connectivity index (χ1) is 13.5. The van der Waals surface area contributed by atoms with Crippen LogP contribution in [0.2, 0.25) is 0 Å². The lowest BCUT2D eigenvalue weighted by atomic mass is 10.2. The van der Waals surface area contributed by atoms with Crippen molar-refractivity contribution in [2.75, 3.05) is 11.9 Å². The fourth-order valence-corrected chi connectivity index (χ4v) is 3.12. The highest BCUT2D eigenvalue weighted by Crippen LogP contribution is 2.37. The number of non-ortho nitro benzene ring substituents is 2. The predicted octanol–water partition coefficient (Wildman–Crippen LogP) is 4.85. The lowest BCUT2D eigenvalue weighted by Crippen LogP contribution is -1.99. The molecule has 0 radical (unpaired) electrons. The molecule has 1 N–H and O–H groups in total. The van der Waals surface area contributed by atoms with Gasteiger partial charge in [-0.05, 0) is 24.3 Å². The van der Waals surface area contributed by atoms with Gasteiger partial charge in [0.25, 0.3) is 5.69 Å². The molecule has 0 saturated carbocycles. The van der Waals surface area contributed by atoms with Crippen LogP contribution in [0.4, 0.5) is 27.9 Å². The van der Waals surface area contributed by atoms with Crippen LogP contribution < -0.4 is 5.32 Å². The zero-order valence-corrected chi connectivity index (χ0v) is 14.9. The monoisotopic (exact) mass is 397 g/mol. The quantitative estimate of drug-likeness (QED) is 0.258. The molecule has 3 aromatic rings. The number of aromatic nitrogens is 1. The third-order valence-electron chi connectivity index (χ3n) is 3.54. The van der Waals surface area contributed by atoms with Gasteiger partial charge in [0.15, 0.2) is 5.52 Å². The normalized spacial score (nSPS) is 10.8. The molecular weight excluding hydrogens is 386 g/mol. The van der Waals surface area contributed by atoms with E-state index in [1.54, 1.807) is 24.3 Å². The molecule has 0 aliphatic heterocycles. The summed E-state index contributed by atoms with van der Waals surface area (Å²) in [6, 6.07) is 11.1. The maximum atomic E-state index is 11.2. The van der Waals surface area contributed by atoms with E-state index in [2.05, 4.69) is 20.5 Å². The molecule has 1 heterocycles. The number of azo groups is 1. The fourth-order valence-electron chi connectivity index (χ4n) is 2.28. The van der Waals surface area contributed by atoms with Crippen molar-refractivity contribution in [1.82, 2.24) is 4.98 Å². The first-order valence-corrected chi connectivity index (χ1v) is 8.65. The van der Waals surface area contributed by atoms with Crippen molar-refractivity contribution in [3.05, 3.63) is 56.6 Å². The molecule has 0 unspecified atom stereocenters. The summed E-state index contributed by atoms with van der Waals surface area (Å²) in [5, 5.41) is 41.9. The number of nitro groups is 2. The Morgan fingerprint density at radius 3 is 2.54 bits per heavy atom. The Bertz CT molecular complexity index is 1120. The first-order valence-electron chi connectivity index (χ1n) is 7.84. The second kappa shape index (κ2) is 8.14. The second-order valence-electron chi connectivity index (χ2n) is 5.40. The molecule has 0 fully saturated rings. The molecule has 0 bridgehead atoms. The Morgan fingerprint density at radius 2 is 1.89 bits per heavy atom. The molecule has 0 spiro atoms. The first kappa shape index (κ1) is 18.8. The molecule has 140 valence electrons. The van der Waals surface area contributed by atoms with Gasteiger partial charge in [0.2, 0.25) is 5.13 Å². The van der Waals surface area contributed by atoms with E-state index < -0.39 is 15.5 Å². The second-order valence-corrected chi connectivity index (χ2v) is 6.41. The van der Waals surface area contributed by atoms with Crippen molar-refractivity contribution < 1.29 is 9.85 Å². The predicted molar refractivity (Wildman–Crippen MR) is 102 cm³/mol. The minimum atomic E-state index is -0.714. The van der Waals surface area contributed by atoms with Gasteiger partial charge in [0, 0.05) is 18.3 Å². The van der Waals surface area contributed by atoms with Crippen LogP contribution in [0, 0.1) is 31.6 Å². The van der Waals surface area contributed by atoms with Crippen LogP contribution in [0.1, 0.15) is 6.42 Å². The Kier molecular flexibility index (Phi) is 5.47. The van der Waals surface area contributed by atoms with Crippen molar-refractivity contribution in [2.45, 2.75) is 6.42 Å². The van der Waals surface area contributed by atoms with Gasteiger partial charge in [0.1, 0.15) is 0 Å². The molecule has 0 atom stereocenters. The number of benzene rings is 2. The van der Waals surface area contributed by atoms with Crippen molar-refractivity contribution in [3.63, 3.8) is 0 Å². The SMILES string of the molecule is N#CCCNc1ccc(N=Nc2nc3c([N+](=O)[O-])cc([N+](=O)[O-])cc3s2)cc1. The number of nitrogens with zero attached hydrogens (tertiary/aromatic N) is 6. The van der Waals surface area contributed by atoms with Crippen LogP contribution in [-0.4, -0.2) is 21.4 Å². The molecule has 0 aliphatic carbocycles. The van der Waals surface area contributed by atoms with Crippen LogP contribution >= 0.6 is 11.3 Å². The van der Waals surface area contributed by atoms with Gasteiger partial charge >= 0.3 is 5.69 Å². The van der Waals surface area contributed by atoms with Crippen molar-refractivity contribution in [1.29, 1.82) is 5.26 Å². The summed E-state index contributed by atoms with van der Waals surface area (Å²) in [6.45, 7) is 0.536. The number of nitro benzene ring substituents is 2. The Hall–Kier alpha value is -3.98. The van der Waals surface area contributed by atoms with Gasteiger partial charge < -0.3 is 5.32 Å². The third kappa shape index (κ3) is 4.22. The zero-order valence-electron chi connectivity index (χ0n) is 14.1. The average Bonchev–Trinajstić information content (AvgIpc) is 3.09. The number of nitrogens with one attached hydrogen (secondary N) is 1. The number of nitriles is 1. The van der Waals surface area contributed by atoms with E-state index in [-0.39, 0.29) is 21.0 Å². The third-order valence-corrected chi connectivity index (χ3v) is 4.43. The lowest BCUT2D eigenvalue weighted by Gasteiger charge is -2.02. The summed E-state index contributed by atoms with van der Waals surface area (Å²) in [6.07, 6.45) is 0.392. The van der Waals surface area contributed by atoms with Crippen LogP contribution in [0.3, 0.4) is 0 Å². The van der Waals surface area contributed by atoms with E-state index in [0.29, 0.717) is 18.7 Å². The Balaban J connectivity index is 1.84. The Labute approximate surface area is 161 Å². The van der Waals surface area contributed by atoms with Gasteiger partial charge in [-0.15, -0.1) is 10.2 Å². The fraction of sp³-hybridized carbons (Fsp3) is 0.125. The number of hydrogen-bond donors (Lipinski definition) is 1.